The largest absolute Gasteiger partial charge is 0.435 e. The molecule has 0 bridgehead atoms. The average molecular weight is 471 g/mol. The van der Waals surface area contributed by atoms with E-state index in [-0.39, 0.29) is 21.3 Å². The van der Waals surface area contributed by atoms with Crippen molar-refractivity contribution < 1.29 is 18.0 Å². The highest BCUT2D eigenvalue weighted by molar-refractivity contribution is 9.10. The van der Waals surface area contributed by atoms with Crippen LogP contribution in [0.2, 0.25) is 10.0 Å². The summed E-state index contributed by atoms with van der Waals surface area (Å²) < 4.78 is 42.3. The van der Waals surface area contributed by atoms with E-state index in [1.807, 2.05) is 0 Å². The Morgan fingerprint density at radius 3 is 2.32 bits per heavy atom. The summed E-state index contributed by atoms with van der Waals surface area (Å²) in [6, 6.07) is 8.66. The van der Waals surface area contributed by atoms with Crippen molar-refractivity contribution in [1.29, 1.82) is 0 Å². The maximum absolute atomic E-state index is 13.9. The first-order chi connectivity index (χ1) is 11.6. The molecule has 1 aliphatic rings. The molecule has 1 aliphatic heterocycles. The molecule has 2 aromatic carbocycles. The molecule has 2 aromatic rings. The van der Waals surface area contributed by atoms with Crippen molar-refractivity contribution >= 4 is 57.5 Å². The standard InChI is InChI=1S/C16H9BrCl2F3NOS/c17-12-3-8(1-2-14(12)25)13-7-15(24-23-13,16(20,21)22)9-4-10(18)6-11(19)5-9/h1-6,25H,7H2/t15-/m0/s1. The van der Waals surface area contributed by atoms with Gasteiger partial charge in [0.2, 0.25) is 0 Å². The van der Waals surface area contributed by atoms with Gasteiger partial charge in [-0.2, -0.15) is 13.2 Å². The van der Waals surface area contributed by atoms with E-state index >= 15 is 0 Å². The zero-order valence-electron chi connectivity index (χ0n) is 12.2. The Morgan fingerprint density at radius 1 is 1.12 bits per heavy atom. The molecule has 0 aromatic heterocycles. The molecule has 25 heavy (non-hydrogen) atoms. The molecule has 0 amide bonds. The molecular weight excluding hydrogens is 462 g/mol. The highest BCUT2D eigenvalue weighted by Gasteiger charge is 2.62. The predicted molar refractivity (Wildman–Crippen MR) is 97.8 cm³/mol. The average Bonchev–Trinajstić information content (AvgIpc) is 2.95. The molecule has 0 N–H and O–H groups in total. The zero-order valence-corrected chi connectivity index (χ0v) is 16.2. The smallest absolute Gasteiger partial charge is 0.374 e. The first kappa shape index (κ1) is 18.9. The molecule has 1 atom stereocenters. The number of hydrogen-bond acceptors (Lipinski definition) is 3. The number of oxime groups is 1. The quantitative estimate of drug-likeness (QED) is 0.489. The summed E-state index contributed by atoms with van der Waals surface area (Å²) in [5, 5.41) is 3.87. The lowest BCUT2D eigenvalue weighted by atomic mass is 9.86. The van der Waals surface area contributed by atoms with Gasteiger partial charge in [-0.25, -0.2) is 0 Å². The number of benzene rings is 2. The Bertz CT molecular complexity index is 855. The second-order valence-electron chi connectivity index (χ2n) is 5.46. The molecule has 3 rings (SSSR count). The van der Waals surface area contributed by atoms with Gasteiger partial charge in [-0.3, -0.25) is 0 Å². The highest BCUT2D eigenvalue weighted by atomic mass is 79.9. The summed E-state index contributed by atoms with van der Waals surface area (Å²) in [6.07, 6.45) is -5.21. The molecule has 1 heterocycles. The number of alkyl halides is 3. The first-order valence-corrected chi connectivity index (χ1v) is 8.89. The molecule has 0 spiro atoms. The van der Waals surface area contributed by atoms with Gasteiger partial charge in [-0.05, 0) is 46.3 Å². The predicted octanol–water partition coefficient (Wildman–Crippen LogP) is 6.63. The van der Waals surface area contributed by atoms with Crippen LogP contribution in [0.3, 0.4) is 0 Å². The summed E-state index contributed by atoms with van der Waals surface area (Å²) in [5.74, 6) is 0. The Balaban J connectivity index is 2.04. The fourth-order valence-electron chi connectivity index (χ4n) is 2.53. The topological polar surface area (TPSA) is 21.6 Å². The third-order valence-corrected chi connectivity index (χ3v) is 5.58. The van der Waals surface area contributed by atoms with Gasteiger partial charge in [-0.15, -0.1) is 12.6 Å². The van der Waals surface area contributed by atoms with Gasteiger partial charge in [0, 0.05) is 37.0 Å². The summed E-state index contributed by atoms with van der Waals surface area (Å²) in [7, 11) is 0. The molecule has 0 unspecified atom stereocenters. The first-order valence-electron chi connectivity index (χ1n) is 6.89. The highest BCUT2D eigenvalue weighted by Crippen LogP contribution is 2.49. The fourth-order valence-corrected chi connectivity index (χ4v) is 3.58. The summed E-state index contributed by atoms with van der Waals surface area (Å²) in [6.45, 7) is 0. The Morgan fingerprint density at radius 2 is 1.76 bits per heavy atom. The second-order valence-corrected chi connectivity index (χ2v) is 7.66. The van der Waals surface area contributed by atoms with E-state index in [0.29, 0.717) is 14.9 Å². The van der Waals surface area contributed by atoms with Crippen LogP contribution in [0.1, 0.15) is 17.5 Å². The fraction of sp³-hybridized carbons (Fsp3) is 0.188. The van der Waals surface area contributed by atoms with Gasteiger partial charge in [-0.1, -0.05) is 34.4 Å². The van der Waals surface area contributed by atoms with E-state index in [9.17, 15) is 13.2 Å². The van der Waals surface area contributed by atoms with Gasteiger partial charge in [0.15, 0.2) is 0 Å². The van der Waals surface area contributed by atoms with Crippen LogP contribution >= 0.6 is 51.8 Å². The van der Waals surface area contributed by atoms with Crippen molar-refractivity contribution in [2.45, 2.75) is 23.1 Å². The van der Waals surface area contributed by atoms with Crippen molar-refractivity contribution in [3.8, 4) is 0 Å². The lowest BCUT2D eigenvalue weighted by Gasteiger charge is -2.29. The van der Waals surface area contributed by atoms with Crippen molar-refractivity contribution in [3.05, 3.63) is 62.0 Å². The lowest BCUT2D eigenvalue weighted by molar-refractivity contribution is -0.275. The zero-order chi connectivity index (χ0) is 18.4. The van der Waals surface area contributed by atoms with E-state index in [1.54, 1.807) is 18.2 Å². The van der Waals surface area contributed by atoms with Crippen LogP contribution in [0, 0.1) is 0 Å². The van der Waals surface area contributed by atoms with E-state index in [4.69, 9.17) is 28.0 Å². The van der Waals surface area contributed by atoms with Gasteiger partial charge in [0.05, 0.1) is 5.71 Å². The van der Waals surface area contributed by atoms with Crippen molar-refractivity contribution in [3.63, 3.8) is 0 Å². The third-order valence-electron chi connectivity index (χ3n) is 3.80. The maximum Gasteiger partial charge on any atom is 0.435 e. The van der Waals surface area contributed by atoms with Crippen molar-refractivity contribution in [2.75, 3.05) is 0 Å². The summed E-state index contributed by atoms with van der Waals surface area (Å²) in [5.41, 5.74) is -2.16. The van der Waals surface area contributed by atoms with Crippen LogP contribution in [-0.4, -0.2) is 11.9 Å². The van der Waals surface area contributed by atoms with Crippen LogP contribution in [-0.2, 0) is 10.4 Å². The van der Waals surface area contributed by atoms with E-state index in [0.717, 1.165) is 0 Å². The molecule has 132 valence electrons. The minimum absolute atomic E-state index is 0.0883. The van der Waals surface area contributed by atoms with Crippen LogP contribution in [0.5, 0.6) is 0 Å². The van der Waals surface area contributed by atoms with Crippen molar-refractivity contribution in [1.82, 2.24) is 0 Å². The van der Waals surface area contributed by atoms with Gasteiger partial charge >= 0.3 is 6.18 Å². The molecule has 2 nitrogen and oxygen atoms in total. The molecule has 0 saturated carbocycles. The Labute approximate surface area is 165 Å². The van der Waals surface area contributed by atoms with Crippen LogP contribution < -0.4 is 0 Å². The number of nitrogens with zero attached hydrogens (tertiary/aromatic N) is 1. The van der Waals surface area contributed by atoms with Crippen molar-refractivity contribution in [2.24, 2.45) is 5.16 Å². The van der Waals surface area contributed by atoms with Crippen LogP contribution in [0.15, 0.2) is 50.9 Å². The molecule has 0 saturated heterocycles. The molecule has 0 radical (unpaired) electrons. The minimum Gasteiger partial charge on any atom is -0.374 e. The van der Waals surface area contributed by atoms with Gasteiger partial charge in [0.1, 0.15) is 0 Å². The molecular formula is C16H9BrCl2F3NOS. The summed E-state index contributed by atoms with van der Waals surface area (Å²) >= 11 is 19.3. The Hall–Kier alpha value is -0.890. The monoisotopic (exact) mass is 469 g/mol. The maximum atomic E-state index is 13.9. The van der Waals surface area contributed by atoms with Crippen LogP contribution in [0.25, 0.3) is 0 Å². The molecule has 0 fully saturated rings. The SMILES string of the molecule is FC(F)(F)[C@@]1(c2cc(Cl)cc(Cl)c2)CC(c2ccc(S)c(Br)c2)=NO1. The Kier molecular flexibility index (Phi) is 5.05. The van der Waals surface area contributed by atoms with Crippen LogP contribution in [0.4, 0.5) is 13.2 Å². The van der Waals surface area contributed by atoms with Gasteiger partial charge < -0.3 is 4.84 Å². The van der Waals surface area contributed by atoms with E-state index < -0.39 is 18.2 Å². The molecule has 9 heteroatoms. The number of thiol groups is 1. The number of hydrogen-bond donors (Lipinski definition) is 1. The molecule has 0 aliphatic carbocycles. The third kappa shape index (κ3) is 3.52. The van der Waals surface area contributed by atoms with E-state index in [2.05, 4.69) is 33.7 Å². The number of rotatable bonds is 2. The lowest BCUT2D eigenvalue weighted by Crippen LogP contribution is -2.42. The minimum atomic E-state index is -4.72. The van der Waals surface area contributed by atoms with E-state index in [1.165, 1.54) is 18.2 Å². The van der Waals surface area contributed by atoms with Gasteiger partial charge in [0.25, 0.3) is 5.60 Å². The number of halogens is 6. The second kappa shape index (κ2) is 6.68. The summed E-state index contributed by atoms with van der Waals surface area (Å²) in [4.78, 5) is 5.61. The normalized spacial score (nSPS) is 20.4.